The van der Waals surface area contributed by atoms with E-state index in [1.807, 2.05) is 6.07 Å². The summed E-state index contributed by atoms with van der Waals surface area (Å²) in [7, 11) is 0. The van der Waals surface area contributed by atoms with Gasteiger partial charge in [-0.1, -0.05) is 35.8 Å². The molecule has 0 aromatic heterocycles. The molecule has 0 N–H and O–H groups in total. The standard InChI is InChI=1S/C12H13BrO/c1-12(2)7-10(14)5-8-3-4-9(13)6-11(8)12/h3-4,6H,5,7H2,1-2H3. The first-order valence-corrected chi connectivity index (χ1v) is 5.59. The maximum absolute atomic E-state index is 11.5. The molecule has 0 atom stereocenters. The molecule has 1 aromatic rings. The highest BCUT2D eigenvalue weighted by Crippen LogP contribution is 2.36. The van der Waals surface area contributed by atoms with Gasteiger partial charge in [-0.3, -0.25) is 4.79 Å². The van der Waals surface area contributed by atoms with Gasteiger partial charge in [0.1, 0.15) is 5.78 Å². The number of halogens is 1. The van der Waals surface area contributed by atoms with Gasteiger partial charge in [-0.2, -0.15) is 0 Å². The number of rotatable bonds is 0. The van der Waals surface area contributed by atoms with E-state index < -0.39 is 0 Å². The number of Topliss-reactive ketones (excluding diaryl/α,β-unsaturated/α-hetero) is 1. The second kappa shape index (κ2) is 3.20. The lowest BCUT2D eigenvalue weighted by atomic mass is 9.72. The Kier molecular flexibility index (Phi) is 2.26. The van der Waals surface area contributed by atoms with E-state index in [-0.39, 0.29) is 5.41 Å². The van der Waals surface area contributed by atoms with Crippen molar-refractivity contribution in [3.8, 4) is 0 Å². The average Bonchev–Trinajstić information content (AvgIpc) is 2.05. The number of carbonyl (C=O) groups excluding carboxylic acids is 1. The molecule has 0 amide bonds. The molecule has 1 aliphatic carbocycles. The smallest absolute Gasteiger partial charge is 0.138 e. The van der Waals surface area contributed by atoms with Crippen molar-refractivity contribution in [3.63, 3.8) is 0 Å². The predicted molar refractivity (Wildman–Crippen MR) is 60.5 cm³/mol. The van der Waals surface area contributed by atoms with Gasteiger partial charge in [0.05, 0.1) is 0 Å². The van der Waals surface area contributed by atoms with Crippen LogP contribution >= 0.6 is 15.9 Å². The number of benzene rings is 1. The Balaban J connectivity index is 2.58. The molecule has 0 saturated carbocycles. The summed E-state index contributed by atoms with van der Waals surface area (Å²) in [5.74, 6) is 0.352. The molecule has 0 spiro atoms. The molecule has 14 heavy (non-hydrogen) atoms. The monoisotopic (exact) mass is 252 g/mol. The molecular weight excluding hydrogens is 240 g/mol. The molecule has 1 aliphatic rings. The summed E-state index contributed by atoms with van der Waals surface area (Å²) < 4.78 is 1.10. The first kappa shape index (κ1) is 9.91. The van der Waals surface area contributed by atoms with Crippen LogP contribution in [0.2, 0.25) is 0 Å². The summed E-state index contributed by atoms with van der Waals surface area (Å²) in [4.78, 5) is 11.5. The minimum Gasteiger partial charge on any atom is -0.299 e. The van der Waals surface area contributed by atoms with Crippen molar-refractivity contribution in [2.45, 2.75) is 32.1 Å². The zero-order valence-corrected chi connectivity index (χ0v) is 10.0. The maximum Gasteiger partial charge on any atom is 0.138 e. The number of carbonyl (C=O) groups is 1. The Morgan fingerprint density at radius 1 is 1.36 bits per heavy atom. The van der Waals surface area contributed by atoms with Crippen molar-refractivity contribution in [1.82, 2.24) is 0 Å². The lowest BCUT2D eigenvalue weighted by molar-refractivity contribution is -0.120. The predicted octanol–water partition coefficient (Wildman–Crippen LogP) is 3.24. The second-order valence-electron chi connectivity index (χ2n) is 4.58. The first-order valence-electron chi connectivity index (χ1n) is 4.80. The average molecular weight is 253 g/mol. The van der Waals surface area contributed by atoms with Crippen LogP contribution in [0, 0.1) is 0 Å². The zero-order chi connectivity index (χ0) is 10.3. The largest absolute Gasteiger partial charge is 0.299 e. The van der Waals surface area contributed by atoms with E-state index in [0.717, 1.165) is 4.47 Å². The minimum absolute atomic E-state index is 0.00551. The van der Waals surface area contributed by atoms with Crippen LogP contribution in [0.5, 0.6) is 0 Å². The molecule has 0 saturated heterocycles. The molecule has 2 rings (SSSR count). The lowest BCUT2D eigenvalue weighted by Crippen LogP contribution is -2.29. The van der Waals surface area contributed by atoms with Crippen LogP contribution in [-0.2, 0) is 16.6 Å². The molecule has 2 heteroatoms. The van der Waals surface area contributed by atoms with E-state index in [4.69, 9.17) is 0 Å². The summed E-state index contributed by atoms with van der Waals surface area (Å²) in [5.41, 5.74) is 2.50. The third-order valence-corrected chi connectivity index (χ3v) is 3.32. The Labute approximate surface area is 92.6 Å². The van der Waals surface area contributed by atoms with E-state index in [2.05, 4.69) is 41.9 Å². The Bertz CT molecular complexity index is 393. The molecule has 0 fully saturated rings. The quantitative estimate of drug-likeness (QED) is 0.693. The Hall–Kier alpha value is -0.630. The highest BCUT2D eigenvalue weighted by atomic mass is 79.9. The molecule has 0 radical (unpaired) electrons. The van der Waals surface area contributed by atoms with Crippen LogP contribution in [0.4, 0.5) is 0 Å². The fourth-order valence-electron chi connectivity index (χ4n) is 2.20. The van der Waals surface area contributed by atoms with Gasteiger partial charge in [0.15, 0.2) is 0 Å². The van der Waals surface area contributed by atoms with Crippen molar-refractivity contribution in [2.24, 2.45) is 0 Å². The molecule has 0 bridgehead atoms. The fourth-order valence-corrected chi connectivity index (χ4v) is 2.56. The van der Waals surface area contributed by atoms with Crippen LogP contribution in [0.25, 0.3) is 0 Å². The minimum atomic E-state index is -0.00551. The van der Waals surface area contributed by atoms with Gasteiger partial charge in [0, 0.05) is 17.3 Å². The van der Waals surface area contributed by atoms with E-state index in [1.54, 1.807) is 0 Å². The summed E-state index contributed by atoms with van der Waals surface area (Å²) in [6.07, 6.45) is 1.27. The molecule has 1 aromatic carbocycles. The highest BCUT2D eigenvalue weighted by molar-refractivity contribution is 9.10. The van der Waals surface area contributed by atoms with Crippen molar-refractivity contribution in [3.05, 3.63) is 33.8 Å². The number of hydrogen-bond donors (Lipinski definition) is 0. The maximum atomic E-state index is 11.5. The van der Waals surface area contributed by atoms with Gasteiger partial charge in [0.2, 0.25) is 0 Å². The molecule has 0 heterocycles. The van der Waals surface area contributed by atoms with Gasteiger partial charge in [0.25, 0.3) is 0 Å². The van der Waals surface area contributed by atoms with E-state index in [0.29, 0.717) is 18.6 Å². The third kappa shape index (κ3) is 1.63. The Morgan fingerprint density at radius 3 is 2.79 bits per heavy atom. The SMILES string of the molecule is CC1(C)CC(=O)Cc2ccc(Br)cc21. The van der Waals surface area contributed by atoms with Gasteiger partial charge in [-0.15, -0.1) is 0 Å². The summed E-state index contributed by atoms with van der Waals surface area (Å²) in [5, 5.41) is 0. The highest BCUT2D eigenvalue weighted by Gasteiger charge is 2.31. The summed E-state index contributed by atoms with van der Waals surface area (Å²) in [6.45, 7) is 4.27. The normalized spacial score (nSPS) is 19.2. The van der Waals surface area contributed by atoms with Crippen LogP contribution < -0.4 is 0 Å². The van der Waals surface area contributed by atoms with Gasteiger partial charge in [-0.05, 0) is 28.7 Å². The zero-order valence-electron chi connectivity index (χ0n) is 8.43. The van der Waals surface area contributed by atoms with Gasteiger partial charge < -0.3 is 0 Å². The number of hydrogen-bond acceptors (Lipinski definition) is 1. The summed E-state index contributed by atoms with van der Waals surface area (Å²) in [6, 6.07) is 6.20. The van der Waals surface area contributed by atoms with E-state index in [9.17, 15) is 4.79 Å². The van der Waals surface area contributed by atoms with Crippen LogP contribution in [0.15, 0.2) is 22.7 Å². The van der Waals surface area contributed by atoms with Crippen molar-refractivity contribution < 1.29 is 4.79 Å². The molecule has 0 unspecified atom stereocenters. The van der Waals surface area contributed by atoms with E-state index in [1.165, 1.54) is 11.1 Å². The van der Waals surface area contributed by atoms with Crippen LogP contribution in [-0.4, -0.2) is 5.78 Å². The van der Waals surface area contributed by atoms with Crippen molar-refractivity contribution in [1.29, 1.82) is 0 Å². The third-order valence-electron chi connectivity index (χ3n) is 2.83. The molecule has 74 valence electrons. The van der Waals surface area contributed by atoms with Crippen LogP contribution in [0.1, 0.15) is 31.4 Å². The fraction of sp³-hybridized carbons (Fsp3) is 0.417. The molecular formula is C12H13BrO. The van der Waals surface area contributed by atoms with Gasteiger partial charge >= 0.3 is 0 Å². The lowest BCUT2D eigenvalue weighted by Gasteiger charge is -2.31. The summed E-state index contributed by atoms with van der Waals surface area (Å²) >= 11 is 3.47. The number of ketones is 1. The van der Waals surface area contributed by atoms with Crippen LogP contribution in [0.3, 0.4) is 0 Å². The second-order valence-corrected chi connectivity index (χ2v) is 5.49. The first-order chi connectivity index (χ1) is 6.49. The van der Waals surface area contributed by atoms with Crippen molar-refractivity contribution in [2.75, 3.05) is 0 Å². The Morgan fingerprint density at radius 2 is 2.07 bits per heavy atom. The van der Waals surface area contributed by atoms with E-state index >= 15 is 0 Å². The molecule has 0 aliphatic heterocycles. The van der Waals surface area contributed by atoms with Gasteiger partial charge in [-0.25, -0.2) is 0 Å². The number of fused-ring (bicyclic) bond motifs is 1. The van der Waals surface area contributed by atoms with Crippen molar-refractivity contribution >= 4 is 21.7 Å². The topological polar surface area (TPSA) is 17.1 Å². The molecule has 1 nitrogen and oxygen atoms in total.